The number of hydrogen-bond acceptors (Lipinski definition) is 3. The van der Waals surface area contributed by atoms with E-state index in [9.17, 15) is 4.79 Å². The molecule has 1 atom stereocenters. The molecule has 2 N–H and O–H groups in total. The summed E-state index contributed by atoms with van der Waals surface area (Å²) in [5.74, 6) is 0.121. The number of nitrogens with zero attached hydrogens (tertiary/aromatic N) is 2. The number of carbonyl (C=O) groups is 1. The first-order valence-corrected chi connectivity index (χ1v) is 7.18. The zero-order valence-corrected chi connectivity index (χ0v) is 12.0. The van der Waals surface area contributed by atoms with Gasteiger partial charge in [0.1, 0.15) is 0 Å². The summed E-state index contributed by atoms with van der Waals surface area (Å²) in [6, 6.07) is 0.409. The number of hydrogen-bond donors (Lipinski definition) is 1. The molecule has 0 aromatic heterocycles. The maximum atomic E-state index is 12.3. The summed E-state index contributed by atoms with van der Waals surface area (Å²) in [4.78, 5) is 16.8. The SMILES string of the molecule is CC(C)(C)[C@H](N)C(=O)N1CCN(C2CCC2)CC1. The van der Waals surface area contributed by atoms with E-state index in [2.05, 4.69) is 4.90 Å². The van der Waals surface area contributed by atoms with Gasteiger partial charge < -0.3 is 10.6 Å². The van der Waals surface area contributed by atoms with Crippen LogP contribution in [0.5, 0.6) is 0 Å². The molecule has 0 radical (unpaired) electrons. The monoisotopic (exact) mass is 253 g/mol. The maximum absolute atomic E-state index is 12.3. The van der Waals surface area contributed by atoms with Crippen molar-refractivity contribution < 1.29 is 4.79 Å². The molecule has 18 heavy (non-hydrogen) atoms. The first kappa shape index (κ1) is 13.8. The number of nitrogens with two attached hydrogens (primary N) is 1. The van der Waals surface area contributed by atoms with E-state index in [4.69, 9.17) is 5.73 Å². The van der Waals surface area contributed by atoms with Crippen molar-refractivity contribution in [2.45, 2.75) is 52.1 Å². The van der Waals surface area contributed by atoms with Gasteiger partial charge in [0.05, 0.1) is 6.04 Å². The van der Waals surface area contributed by atoms with E-state index >= 15 is 0 Å². The van der Waals surface area contributed by atoms with Crippen LogP contribution in [0.1, 0.15) is 40.0 Å². The van der Waals surface area contributed by atoms with Crippen LogP contribution in [0.15, 0.2) is 0 Å². The summed E-state index contributed by atoms with van der Waals surface area (Å²) in [5, 5.41) is 0. The number of rotatable bonds is 2. The lowest BCUT2D eigenvalue weighted by Crippen LogP contribution is -2.58. The van der Waals surface area contributed by atoms with Gasteiger partial charge in [0.2, 0.25) is 5.91 Å². The standard InChI is InChI=1S/C14H27N3O/c1-14(2,3)12(15)13(18)17-9-7-16(8-10-17)11-5-4-6-11/h11-12H,4-10,15H2,1-3H3/t12-/m1/s1. The van der Waals surface area contributed by atoms with E-state index in [0.717, 1.165) is 32.2 Å². The molecule has 0 bridgehead atoms. The lowest BCUT2D eigenvalue weighted by molar-refractivity contribution is -0.137. The third kappa shape index (κ3) is 2.86. The van der Waals surface area contributed by atoms with E-state index in [1.54, 1.807) is 0 Å². The van der Waals surface area contributed by atoms with Gasteiger partial charge in [-0.1, -0.05) is 27.2 Å². The Morgan fingerprint density at radius 2 is 1.72 bits per heavy atom. The van der Waals surface area contributed by atoms with Crippen molar-refractivity contribution in [2.75, 3.05) is 26.2 Å². The zero-order valence-electron chi connectivity index (χ0n) is 12.0. The van der Waals surface area contributed by atoms with Crippen molar-refractivity contribution in [3.8, 4) is 0 Å². The smallest absolute Gasteiger partial charge is 0.240 e. The molecule has 4 nitrogen and oxygen atoms in total. The van der Waals surface area contributed by atoms with Crippen molar-refractivity contribution in [3.63, 3.8) is 0 Å². The number of amides is 1. The fraction of sp³-hybridized carbons (Fsp3) is 0.929. The molecular weight excluding hydrogens is 226 g/mol. The van der Waals surface area contributed by atoms with E-state index in [1.165, 1.54) is 19.3 Å². The lowest BCUT2D eigenvalue weighted by Gasteiger charge is -2.44. The summed E-state index contributed by atoms with van der Waals surface area (Å²) in [6.07, 6.45) is 4.06. The Kier molecular flexibility index (Phi) is 3.97. The van der Waals surface area contributed by atoms with Crippen LogP contribution >= 0.6 is 0 Å². The van der Waals surface area contributed by atoms with Crippen molar-refractivity contribution in [2.24, 2.45) is 11.1 Å². The third-order valence-electron chi connectivity index (χ3n) is 4.42. The Labute approximate surface area is 110 Å². The van der Waals surface area contributed by atoms with Gasteiger partial charge in [0.15, 0.2) is 0 Å². The average molecular weight is 253 g/mol. The molecule has 1 amide bonds. The summed E-state index contributed by atoms with van der Waals surface area (Å²) in [6.45, 7) is 9.82. The quantitative estimate of drug-likeness (QED) is 0.800. The van der Waals surface area contributed by atoms with E-state index < -0.39 is 0 Å². The topological polar surface area (TPSA) is 49.6 Å². The summed E-state index contributed by atoms with van der Waals surface area (Å²) in [5.41, 5.74) is 5.90. The molecule has 0 unspecified atom stereocenters. The Morgan fingerprint density at radius 1 is 1.17 bits per heavy atom. The van der Waals surface area contributed by atoms with Crippen LogP contribution in [0, 0.1) is 5.41 Å². The minimum Gasteiger partial charge on any atom is -0.339 e. The maximum Gasteiger partial charge on any atom is 0.240 e. The predicted molar refractivity (Wildman–Crippen MR) is 73.2 cm³/mol. The molecule has 0 aromatic carbocycles. The zero-order chi connectivity index (χ0) is 13.3. The van der Waals surface area contributed by atoms with Crippen LogP contribution in [0.2, 0.25) is 0 Å². The molecule has 2 fully saturated rings. The van der Waals surface area contributed by atoms with Gasteiger partial charge in [-0.05, 0) is 18.3 Å². The van der Waals surface area contributed by atoms with Crippen LogP contribution < -0.4 is 5.73 Å². The first-order chi connectivity index (χ1) is 8.39. The van der Waals surface area contributed by atoms with Crippen molar-refractivity contribution >= 4 is 5.91 Å². The molecule has 104 valence electrons. The van der Waals surface area contributed by atoms with Crippen LogP contribution in [0.4, 0.5) is 0 Å². The molecule has 0 aromatic rings. The van der Waals surface area contributed by atoms with Crippen LogP contribution in [0.3, 0.4) is 0 Å². The van der Waals surface area contributed by atoms with E-state index in [1.807, 2.05) is 25.7 Å². The second-order valence-electron chi connectivity index (χ2n) is 6.79. The molecule has 0 spiro atoms. The fourth-order valence-corrected chi connectivity index (χ4v) is 2.63. The molecule has 1 aliphatic heterocycles. The summed E-state index contributed by atoms with van der Waals surface area (Å²) in [7, 11) is 0. The Morgan fingerprint density at radius 3 is 2.11 bits per heavy atom. The van der Waals surface area contributed by atoms with Gasteiger partial charge in [-0.2, -0.15) is 0 Å². The van der Waals surface area contributed by atoms with Crippen LogP contribution in [-0.2, 0) is 4.79 Å². The van der Waals surface area contributed by atoms with Crippen LogP contribution in [-0.4, -0.2) is 54.0 Å². The average Bonchev–Trinajstić information content (AvgIpc) is 2.24. The van der Waals surface area contributed by atoms with E-state index in [0.29, 0.717) is 0 Å². The third-order valence-corrected chi connectivity index (χ3v) is 4.42. The first-order valence-electron chi connectivity index (χ1n) is 7.18. The second kappa shape index (κ2) is 5.17. The molecule has 1 saturated carbocycles. The highest BCUT2D eigenvalue weighted by Crippen LogP contribution is 2.26. The molecular formula is C14H27N3O. The van der Waals surface area contributed by atoms with Gasteiger partial charge in [-0.15, -0.1) is 0 Å². The van der Waals surface area contributed by atoms with Gasteiger partial charge in [-0.3, -0.25) is 9.69 Å². The normalized spacial score (nSPS) is 24.8. The van der Waals surface area contributed by atoms with Gasteiger partial charge in [-0.25, -0.2) is 0 Å². The molecule has 1 heterocycles. The van der Waals surface area contributed by atoms with Crippen molar-refractivity contribution in [1.82, 2.24) is 9.80 Å². The van der Waals surface area contributed by atoms with E-state index in [-0.39, 0.29) is 17.4 Å². The molecule has 1 aliphatic carbocycles. The number of piperazine rings is 1. The highest BCUT2D eigenvalue weighted by atomic mass is 16.2. The molecule has 2 aliphatic rings. The molecule has 2 rings (SSSR count). The van der Waals surface area contributed by atoms with Crippen LogP contribution in [0.25, 0.3) is 0 Å². The Balaban J connectivity index is 1.83. The van der Waals surface area contributed by atoms with Gasteiger partial charge in [0, 0.05) is 32.2 Å². The fourth-order valence-electron chi connectivity index (χ4n) is 2.63. The Bertz CT molecular complexity index is 299. The predicted octanol–water partition coefficient (Wildman–Crippen LogP) is 1.06. The van der Waals surface area contributed by atoms with Gasteiger partial charge in [0.25, 0.3) is 0 Å². The highest BCUT2D eigenvalue weighted by molar-refractivity contribution is 5.82. The largest absolute Gasteiger partial charge is 0.339 e. The van der Waals surface area contributed by atoms with Crippen molar-refractivity contribution in [3.05, 3.63) is 0 Å². The second-order valence-corrected chi connectivity index (χ2v) is 6.79. The Hall–Kier alpha value is -0.610. The highest BCUT2D eigenvalue weighted by Gasteiger charge is 2.34. The molecule has 4 heteroatoms. The minimum atomic E-state index is -0.382. The number of carbonyl (C=O) groups excluding carboxylic acids is 1. The summed E-state index contributed by atoms with van der Waals surface area (Å²) >= 11 is 0. The van der Waals surface area contributed by atoms with Gasteiger partial charge >= 0.3 is 0 Å². The molecule has 1 saturated heterocycles. The van der Waals surface area contributed by atoms with Crippen molar-refractivity contribution in [1.29, 1.82) is 0 Å². The lowest BCUT2D eigenvalue weighted by atomic mass is 9.86. The minimum absolute atomic E-state index is 0.121. The summed E-state index contributed by atoms with van der Waals surface area (Å²) < 4.78 is 0.